The molecule has 1 aliphatic carbocycles. The van der Waals surface area contributed by atoms with Crippen LogP contribution in [0, 0.1) is 0 Å². The number of hydrogen-bond donors (Lipinski definition) is 1. The molecule has 4 nitrogen and oxygen atoms in total. The third kappa shape index (κ3) is 2.72. The Labute approximate surface area is 146 Å². The molecule has 1 aliphatic heterocycles. The molecule has 5 rings (SSSR count). The number of carbonyl (C=O) groups excluding carboxylic acids is 1. The van der Waals surface area contributed by atoms with Crippen molar-refractivity contribution >= 4 is 16.8 Å². The Kier molecular flexibility index (Phi) is 3.37. The van der Waals surface area contributed by atoms with Crippen molar-refractivity contribution in [1.82, 2.24) is 14.9 Å². The number of amides is 1. The predicted molar refractivity (Wildman–Crippen MR) is 97.6 cm³/mol. The Morgan fingerprint density at radius 1 is 1.16 bits per heavy atom. The third-order valence-corrected chi connectivity index (χ3v) is 5.45. The maximum atomic E-state index is 13.0. The summed E-state index contributed by atoms with van der Waals surface area (Å²) in [6.07, 6.45) is 8.31. The van der Waals surface area contributed by atoms with Gasteiger partial charge in [0, 0.05) is 36.4 Å². The zero-order valence-electron chi connectivity index (χ0n) is 14.2. The molecule has 25 heavy (non-hydrogen) atoms. The van der Waals surface area contributed by atoms with Crippen LogP contribution in [0.15, 0.2) is 42.7 Å². The number of aromatic nitrogens is 2. The Bertz CT molecular complexity index is 955. The Balaban J connectivity index is 1.44. The lowest BCUT2D eigenvalue weighted by Gasteiger charge is -2.20. The number of aryl methyl sites for hydroxylation is 1. The summed E-state index contributed by atoms with van der Waals surface area (Å²) in [5, 5.41) is 1.12. The van der Waals surface area contributed by atoms with Gasteiger partial charge in [0.1, 0.15) is 5.69 Å². The van der Waals surface area contributed by atoms with Gasteiger partial charge in [-0.1, -0.05) is 12.1 Å². The van der Waals surface area contributed by atoms with Gasteiger partial charge in [0.05, 0.1) is 0 Å². The zero-order chi connectivity index (χ0) is 16.8. The van der Waals surface area contributed by atoms with Crippen LogP contribution in [-0.4, -0.2) is 27.3 Å². The summed E-state index contributed by atoms with van der Waals surface area (Å²) >= 11 is 0. The molecule has 3 aromatic rings. The van der Waals surface area contributed by atoms with E-state index < -0.39 is 0 Å². The fourth-order valence-corrected chi connectivity index (χ4v) is 3.85. The summed E-state index contributed by atoms with van der Waals surface area (Å²) in [5.41, 5.74) is 5.65. The molecule has 2 aliphatic rings. The second-order valence-corrected chi connectivity index (χ2v) is 7.28. The summed E-state index contributed by atoms with van der Waals surface area (Å²) in [5.74, 6) is 0.816. The second kappa shape index (κ2) is 5.73. The van der Waals surface area contributed by atoms with Gasteiger partial charge >= 0.3 is 0 Å². The topological polar surface area (TPSA) is 49.0 Å². The molecule has 0 bridgehead atoms. The molecule has 1 N–H and O–H groups in total. The molecular weight excluding hydrogens is 310 g/mol. The van der Waals surface area contributed by atoms with E-state index in [-0.39, 0.29) is 5.91 Å². The molecule has 0 saturated heterocycles. The van der Waals surface area contributed by atoms with Gasteiger partial charge in [0.2, 0.25) is 0 Å². The number of nitrogens with zero attached hydrogens (tertiary/aromatic N) is 2. The molecule has 1 fully saturated rings. The smallest absolute Gasteiger partial charge is 0.270 e. The molecule has 3 heterocycles. The largest absolute Gasteiger partial charge is 0.351 e. The monoisotopic (exact) mass is 331 g/mol. The van der Waals surface area contributed by atoms with Gasteiger partial charge in [-0.2, -0.15) is 0 Å². The molecule has 126 valence electrons. The molecule has 1 amide bonds. The summed E-state index contributed by atoms with van der Waals surface area (Å²) in [4.78, 5) is 22.6. The normalized spacial score (nSPS) is 17.4. The van der Waals surface area contributed by atoms with Gasteiger partial charge in [-0.25, -0.2) is 0 Å². The SMILES string of the molecule is O=C(c1cc2ccc(C3CC3)cc2[nH]1)N1CCCc2cnccc2C1. The Hall–Kier alpha value is -2.62. The van der Waals surface area contributed by atoms with E-state index in [9.17, 15) is 4.79 Å². The van der Waals surface area contributed by atoms with Crippen LogP contribution in [0.4, 0.5) is 0 Å². The number of nitrogens with one attached hydrogen (secondary N) is 1. The Morgan fingerprint density at radius 3 is 2.96 bits per heavy atom. The van der Waals surface area contributed by atoms with Crippen LogP contribution in [0.3, 0.4) is 0 Å². The average Bonchev–Trinajstić information content (AvgIpc) is 3.43. The lowest BCUT2D eigenvalue weighted by Crippen LogP contribution is -2.30. The number of H-pyrrole nitrogens is 1. The van der Waals surface area contributed by atoms with E-state index in [4.69, 9.17) is 0 Å². The molecule has 0 atom stereocenters. The standard InChI is InChI=1S/C21H21N3O/c25-21(24-9-1-2-17-12-22-8-7-18(17)13-24)20-11-16-6-5-15(14-3-4-14)10-19(16)23-20/h5-8,10-12,14,23H,1-4,9,13H2. The zero-order valence-corrected chi connectivity index (χ0v) is 14.2. The number of pyridine rings is 1. The first kappa shape index (κ1) is 14.7. The highest BCUT2D eigenvalue weighted by Crippen LogP contribution is 2.40. The van der Waals surface area contributed by atoms with Crippen LogP contribution in [0.25, 0.3) is 10.9 Å². The van der Waals surface area contributed by atoms with Gasteiger partial charge in [-0.15, -0.1) is 0 Å². The minimum atomic E-state index is 0.0915. The second-order valence-electron chi connectivity index (χ2n) is 7.28. The fourth-order valence-electron chi connectivity index (χ4n) is 3.85. The maximum absolute atomic E-state index is 13.0. The highest BCUT2D eigenvalue weighted by Gasteiger charge is 2.25. The Morgan fingerprint density at radius 2 is 2.08 bits per heavy atom. The van der Waals surface area contributed by atoms with Crippen molar-refractivity contribution in [3.8, 4) is 0 Å². The summed E-state index contributed by atoms with van der Waals surface area (Å²) in [6.45, 7) is 1.45. The highest BCUT2D eigenvalue weighted by molar-refractivity contribution is 5.98. The molecule has 2 aromatic heterocycles. The summed E-state index contributed by atoms with van der Waals surface area (Å²) in [7, 11) is 0. The van der Waals surface area contributed by atoms with Crippen molar-refractivity contribution in [3.63, 3.8) is 0 Å². The van der Waals surface area contributed by atoms with E-state index in [1.807, 2.05) is 29.4 Å². The van der Waals surface area contributed by atoms with E-state index in [1.54, 1.807) is 0 Å². The van der Waals surface area contributed by atoms with E-state index >= 15 is 0 Å². The molecule has 0 unspecified atom stereocenters. The van der Waals surface area contributed by atoms with Gasteiger partial charge in [0.15, 0.2) is 0 Å². The number of rotatable bonds is 2. The quantitative estimate of drug-likeness (QED) is 0.771. The van der Waals surface area contributed by atoms with Crippen molar-refractivity contribution < 1.29 is 4.79 Å². The average molecular weight is 331 g/mol. The third-order valence-electron chi connectivity index (χ3n) is 5.45. The van der Waals surface area contributed by atoms with Gasteiger partial charge < -0.3 is 9.88 Å². The minimum absolute atomic E-state index is 0.0915. The van der Waals surface area contributed by atoms with Crippen LogP contribution in [0.5, 0.6) is 0 Å². The highest BCUT2D eigenvalue weighted by atomic mass is 16.2. The van der Waals surface area contributed by atoms with Gasteiger partial charge in [0.25, 0.3) is 5.91 Å². The van der Waals surface area contributed by atoms with Crippen molar-refractivity contribution in [3.05, 3.63) is 65.1 Å². The number of fused-ring (bicyclic) bond motifs is 2. The van der Waals surface area contributed by atoms with E-state index in [0.29, 0.717) is 12.2 Å². The number of hydrogen-bond acceptors (Lipinski definition) is 2. The summed E-state index contributed by atoms with van der Waals surface area (Å²) < 4.78 is 0. The van der Waals surface area contributed by atoms with Crippen molar-refractivity contribution in [2.45, 2.75) is 38.1 Å². The minimum Gasteiger partial charge on any atom is -0.351 e. The lowest BCUT2D eigenvalue weighted by molar-refractivity contribution is 0.0741. The van der Waals surface area contributed by atoms with Crippen molar-refractivity contribution in [2.24, 2.45) is 0 Å². The van der Waals surface area contributed by atoms with E-state index in [1.165, 1.54) is 29.5 Å². The van der Waals surface area contributed by atoms with Crippen molar-refractivity contribution in [1.29, 1.82) is 0 Å². The molecule has 1 aromatic carbocycles. The van der Waals surface area contributed by atoms with Gasteiger partial charge in [-0.05, 0) is 66.5 Å². The summed E-state index contributed by atoms with van der Waals surface area (Å²) in [6, 6.07) is 10.6. The fraction of sp³-hybridized carbons (Fsp3) is 0.333. The molecule has 1 saturated carbocycles. The van der Waals surface area contributed by atoms with E-state index in [2.05, 4.69) is 28.2 Å². The number of aromatic amines is 1. The van der Waals surface area contributed by atoms with Gasteiger partial charge in [-0.3, -0.25) is 9.78 Å². The van der Waals surface area contributed by atoms with Crippen LogP contribution in [-0.2, 0) is 13.0 Å². The number of carbonyl (C=O) groups is 1. The molecule has 4 heteroatoms. The predicted octanol–water partition coefficient (Wildman–Crippen LogP) is 4.03. The molecular formula is C21H21N3O. The maximum Gasteiger partial charge on any atom is 0.270 e. The molecule has 0 spiro atoms. The lowest BCUT2D eigenvalue weighted by atomic mass is 10.1. The van der Waals surface area contributed by atoms with Crippen LogP contribution < -0.4 is 0 Å². The molecule has 0 radical (unpaired) electrons. The first-order valence-electron chi connectivity index (χ1n) is 9.11. The van der Waals surface area contributed by atoms with Crippen LogP contribution >= 0.6 is 0 Å². The first-order chi connectivity index (χ1) is 12.3. The van der Waals surface area contributed by atoms with Crippen LogP contribution in [0.1, 0.15) is 52.4 Å². The number of benzene rings is 1. The van der Waals surface area contributed by atoms with Crippen molar-refractivity contribution in [2.75, 3.05) is 6.54 Å². The first-order valence-corrected chi connectivity index (χ1v) is 9.11. The van der Waals surface area contributed by atoms with E-state index in [0.717, 1.165) is 36.2 Å². The van der Waals surface area contributed by atoms with Crippen LogP contribution in [0.2, 0.25) is 0 Å².